The predicted octanol–water partition coefficient (Wildman–Crippen LogP) is 7.80. The zero-order valence-corrected chi connectivity index (χ0v) is 25.5. The Morgan fingerprint density at radius 1 is 1.21 bits per heavy atom. The smallest absolute Gasteiger partial charge is 0.193 e. The van der Waals surface area contributed by atoms with Crippen LogP contribution in [0, 0.1) is 17.2 Å². The number of methoxy groups -OCH3 is 1. The van der Waals surface area contributed by atoms with Crippen molar-refractivity contribution < 1.29 is 13.3 Å². The maximum absolute atomic E-state index is 9.24. The van der Waals surface area contributed by atoms with E-state index in [-0.39, 0.29) is 23.7 Å². The highest BCUT2D eigenvalue weighted by molar-refractivity contribution is 6.74. The minimum absolute atomic E-state index is 0.0455. The van der Waals surface area contributed by atoms with Crippen LogP contribution in [0.3, 0.4) is 0 Å². The average Bonchev–Trinajstić information content (AvgIpc) is 3.30. The molecule has 0 spiro atoms. The summed E-state index contributed by atoms with van der Waals surface area (Å²) in [4.78, 5) is 11.0. The highest BCUT2D eigenvalue weighted by Crippen LogP contribution is 2.42. The lowest BCUT2D eigenvalue weighted by Crippen LogP contribution is -2.41. The fourth-order valence-electron chi connectivity index (χ4n) is 5.23. The van der Waals surface area contributed by atoms with Crippen LogP contribution in [0.2, 0.25) is 18.1 Å². The summed E-state index contributed by atoms with van der Waals surface area (Å²) in [7, 11) is -0.489. The van der Waals surface area contributed by atoms with Gasteiger partial charge in [-0.05, 0) is 74.4 Å². The van der Waals surface area contributed by atoms with Crippen LogP contribution in [0.5, 0.6) is 5.75 Å². The molecular weight excluding hydrogens is 502 g/mol. The third kappa shape index (κ3) is 6.47. The quantitative estimate of drug-likeness (QED) is 0.253. The van der Waals surface area contributed by atoms with Crippen molar-refractivity contribution in [2.24, 2.45) is 5.92 Å². The van der Waals surface area contributed by atoms with Gasteiger partial charge < -0.3 is 18.6 Å². The first kappa shape index (κ1) is 25.1. The van der Waals surface area contributed by atoms with Crippen molar-refractivity contribution in [3.63, 3.8) is 0 Å². The summed E-state index contributed by atoms with van der Waals surface area (Å²) < 4.78 is 39.4. The summed E-state index contributed by atoms with van der Waals surface area (Å²) in [5.41, 5.74) is 2.44. The first-order valence-corrected chi connectivity index (χ1v) is 16.9. The van der Waals surface area contributed by atoms with Gasteiger partial charge in [0.2, 0.25) is 0 Å². The Morgan fingerprint density at radius 3 is 2.49 bits per heavy atom. The van der Waals surface area contributed by atoms with E-state index in [1.807, 2.05) is 30.3 Å². The molecule has 1 saturated carbocycles. The van der Waals surface area contributed by atoms with Crippen LogP contribution in [-0.4, -0.2) is 36.9 Å². The van der Waals surface area contributed by atoms with Gasteiger partial charge in [0.15, 0.2) is 8.32 Å². The van der Waals surface area contributed by atoms with Gasteiger partial charge in [0.05, 0.1) is 24.9 Å². The molecule has 39 heavy (non-hydrogen) atoms. The Hall–Kier alpha value is -2.89. The fraction of sp³-hybridized carbons (Fsp3) is 0.581. The summed E-state index contributed by atoms with van der Waals surface area (Å²) >= 11 is 0. The topological polar surface area (TPSA) is 76.2 Å². The Morgan fingerprint density at radius 2 is 1.90 bits per heavy atom. The minimum atomic E-state index is -2.40. The van der Waals surface area contributed by atoms with Gasteiger partial charge in [0.25, 0.3) is 0 Å². The SMILES string of the molecule is [2H]C([2H])([2H])N(Cc1ccc(OC)cc1)c1cc2c(cn1)nc(C(C)O[Si](C)(C)C(C)(C)C)n2[C@H]1CC[C@H](CC#N)CC1. The van der Waals surface area contributed by atoms with E-state index in [0.717, 1.165) is 48.1 Å². The molecule has 0 saturated heterocycles. The molecule has 0 amide bonds. The van der Waals surface area contributed by atoms with E-state index in [1.54, 1.807) is 13.3 Å². The number of ether oxygens (including phenoxy) is 1. The monoisotopic (exact) mass is 550 g/mol. The molecule has 210 valence electrons. The second kappa shape index (κ2) is 11.7. The number of imidazole rings is 1. The van der Waals surface area contributed by atoms with Crippen LogP contribution < -0.4 is 9.64 Å². The van der Waals surface area contributed by atoms with Crippen LogP contribution in [0.25, 0.3) is 11.0 Å². The molecule has 1 fully saturated rings. The summed E-state index contributed by atoms with van der Waals surface area (Å²) in [6, 6.07) is 11.8. The third-order valence-electron chi connectivity index (χ3n) is 8.57. The molecule has 0 aliphatic heterocycles. The molecule has 2 aromatic heterocycles. The number of fused-ring (bicyclic) bond motifs is 1. The third-order valence-corrected chi connectivity index (χ3v) is 13.1. The summed E-state index contributed by atoms with van der Waals surface area (Å²) in [6.45, 7) is 11.0. The lowest BCUT2D eigenvalue weighted by atomic mass is 9.84. The van der Waals surface area contributed by atoms with Crippen molar-refractivity contribution in [3.05, 3.63) is 47.9 Å². The molecule has 0 N–H and O–H groups in total. The highest BCUT2D eigenvalue weighted by Gasteiger charge is 2.40. The lowest BCUT2D eigenvalue weighted by Gasteiger charge is -2.39. The van der Waals surface area contributed by atoms with Gasteiger partial charge in [-0.1, -0.05) is 32.9 Å². The van der Waals surface area contributed by atoms with Crippen molar-refractivity contribution in [3.8, 4) is 11.8 Å². The molecule has 0 bridgehead atoms. The van der Waals surface area contributed by atoms with Gasteiger partial charge in [-0.3, -0.25) is 0 Å². The molecule has 7 nitrogen and oxygen atoms in total. The van der Waals surface area contributed by atoms with Crippen molar-refractivity contribution in [2.45, 2.75) is 96.6 Å². The molecule has 1 unspecified atom stereocenters. The second-order valence-electron chi connectivity index (χ2n) is 12.4. The number of nitrogens with zero attached hydrogens (tertiary/aromatic N) is 5. The Balaban J connectivity index is 1.78. The van der Waals surface area contributed by atoms with Crippen molar-refractivity contribution >= 4 is 25.2 Å². The van der Waals surface area contributed by atoms with Crippen molar-refractivity contribution in [1.29, 1.82) is 5.26 Å². The standard InChI is InChI=1S/C31H45N5O2Si/c1-22(38-39(7,8)31(2,3)4)30-34-27-20-33-29(35(5)21-24-11-15-26(37-6)16-12-24)19-28(27)36(30)25-13-9-23(10-14-25)17-18-32/h11-12,15-16,19-20,22-23,25H,9-10,13-14,17,21H2,1-8H3/t22?,23-,25-/i5D3. The van der Waals surface area contributed by atoms with Gasteiger partial charge in [-0.15, -0.1) is 0 Å². The van der Waals surface area contributed by atoms with E-state index in [4.69, 9.17) is 18.3 Å². The van der Waals surface area contributed by atoms with Gasteiger partial charge in [0.1, 0.15) is 29.0 Å². The number of benzene rings is 1. The molecular formula is C31H45N5O2Si. The number of aromatic nitrogens is 3. The van der Waals surface area contributed by atoms with E-state index >= 15 is 0 Å². The highest BCUT2D eigenvalue weighted by atomic mass is 28.4. The summed E-state index contributed by atoms with van der Waals surface area (Å²) in [5.74, 6) is 2.36. The van der Waals surface area contributed by atoms with Gasteiger partial charge >= 0.3 is 0 Å². The number of hydrogen-bond donors (Lipinski definition) is 0. The predicted molar refractivity (Wildman–Crippen MR) is 161 cm³/mol. The lowest BCUT2D eigenvalue weighted by molar-refractivity contribution is 0.180. The minimum Gasteiger partial charge on any atom is -0.497 e. The van der Waals surface area contributed by atoms with E-state index in [2.05, 4.69) is 56.4 Å². The van der Waals surface area contributed by atoms with E-state index in [9.17, 15) is 5.26 Å². The zero-order chi connectivity index (χ0) is 30.9. The molecule has 0 radical (unpaired) electrons. The molecule has 1 atom stereocenters. The van der Waals surface area contributed by atoms with Crippen LogP contribution in [0.1, 0.15) is 87.4 Å². The molecule has 2 heterocycles. The normalized spacial score (nSPS) is 20.5. The average molecular weight is 551 g/mol. The van der Waals surface area contributed by atoms with Gasteiger partial charge in [0, 0.05) is 36.2 Å². The number of anilines is 1. The van der Waals surface area contributed by atoms with E-state index in [0.29, 0.717) is 23.9 Å². The first-order valence-electron chi connectivity index (χ1n) is 15.5. The molecule has 1 aliphatic rings. The Kier molecular flexibility index (Phi) is 7.52. The number of nitriles is 1. The molecule has 3 aromatic rings. The molecule has 4 rings (SSSR count). The number of hydrogen-bond acceptors (Lipinski definition) is 6. The second-order valence-corrected chi connectivity index (χ2v) is 17.1. The fourth-order valence-corrected chi connectivity index (χ4v) is 6.57. The Bertz CT molecular complexity index is 1400. The zero-order valence-electron chi connectivity index (χ0n) is 27.5. The summed E-state index contributed by atoms with van der Waals surface area (Å²) in [6.07, 6.45) is 5.86. The summed E-state index contributed by atoms with van der Waals surface area (Å²) in [5, 5.41) is 9.28. The Labute approximate surface area is 239 Å². The van der Waals surface area contributed by atoms with Crippen molar-refractivity contribution in [1.82, 2.24) is 14.5 Å². The van der Waals surface area contributed by atoms with E-state index in [1.165, 1.54) is 4.90 Å². The maximum atomic E-state index is 9.24. The van der Waals surface area contributed by atoms with Crippen LogP contribution in [0.4, 0.5) is 5.82 Å². The first-order chi connectivity index (χ1) is 19.6. The van der Waals surface area contributed by atoms with E-state index < -0.39 is 15.3 Å². The van der Waals surface area contributed by atoms with Crippen LogP contribution >= 0.6 is 0 Å². The molecule has 1 aromatic carbocycles. The van der Waals surface area contributed by atoms with Gasteiger partial charge in [-0.25, -0.2) is 9.97 Å². The van der Waals surface area contributed by atoms with Crippen molar-refractivity contribution in [2.75, 3.05) is 19.0 Å². The molecule has 8 heteroatoms. The largest absolute Gasteiger partial charge is 0.497 e. The van der Waals surface area contributed by atoms with Gasteiger partial charge in [-0.2, -0.15) is 5.26 Å². The van der Waals surface area contributed by atoms with Crippen LogP contribution in [0.15, 0.2) is 36.5 Å². The number of rotatable bonds is 9. The maximum Gasteiger partial charge on any atom is 0.193 e. The molecule has 1 aliphatic carbocycles. The van der Waals surface area contributed by atoms with Crippen LogP contribution in [-0.2, 0) is 11.0 Å². The number of pyridine rings is 1.